The molecule has 0 spiro atoms. The van der Waals surface area contributed by atoms with E-state index in [4.69, 9.17) is 0 Å². The highest BCUT2D eigenvalue weighted by Gasteiger charge is 2.25. The molecule has 2 heteroatoms. The van der Waals surface area contributed by atoms with Crippen LogP contribution in [-0.4, -0.2) is 12.3 Å². The van der Waals surface area contributed by atoms with E-state index in [1.165, 1.54) is 5.56 Å². The van der Waals surface area contributed by atoms with Gasteiger partial charge in [-0.3, -0.25) is 4.79 Å². The molecular formula is C12H15NO. The molecular weight excluding hydrogens is 174 g/mol. The minimum Gasteiger partial charge on any atom is -0.309 e. The van der Waals surface area contributed by atoms with Gasteiger partial charge in [0.1, 0.15) is 5.78 Å². The first-order chi connectivity index (χ1) is 6.77. The van der Waals surface area contributed by atoms with Crippen LogP contribution in [0.4, 0.5) is 0 Å². The Balaban J connectivity index is 2.11. The van der Waals surface area contributed by atoms with Crippen LogP contribution in [0.5, 0.6) is 0 Å². The molecule has 1 heterocycles. The SMILES string of the molecule is C[C@H]1CN[C@H](c2ccccc2)CC1=O. The molecule has 1 saturated heterocycles. The van der Waals surface area contributed by atoms with Gasteiger partial charge in [0.15, 0.2) is 0 Å². The Morgan fingerprint density at radius 2 is 2.00 bits per heavy atom. The molecule has 2 nitrogen and oxygen atoms in total. The van der Waals surface area contributed by atoms with E-state index in [-0.39, 0.29) is 12.0 Å². The number of benzene rings is 1. The molecule has 0 saturated carbocycles. The number of piperidine rings is 1. The van der Waals surface area contributed by atoms with Crippen LogP contribution in [0.1, 0.15) is 24.9 Å². The second kappa shape index (κ2) is 3.93. The quantitative estimate of drug-likeness (QED) is 0.731. The number of hydrogen-bond acceptors (Lipinski definition) is 2. The average molecular weight is 189 g/mol. The number of nitrogens with one attached hydrogen (secondary N) is 1. The van der Waals surface area contributed by atoms with E-state index in [1.807, 2.05) is 25.1 Å². The van der Waals surface area contributed by atoms with Crippen molar-refractivity contribution in [3.05, 3.63) is 35.9 Å². The van der Waals surface area contributed by atoms with Crippen LogP contribution in [0.2, 0.25) is 0 Å². The average Bonchev–Trinajstić information content (AvgIpc) is 2.23. The van der Waals surface area contributed by atoms with E-state index in [0.717, 1.165) is 6.54 Å². The maximum absolute atomic E-state index is 11.5. The topological polar surface area (TPSA) is 29.1 Å². The van der Waals surface area contributed by atoms with Gasteiger partial charge in [0.25, 0.3) is 0 Å². The van der Waals surface area contributed by atoms with Crippen molar-refractivity contribution >= 4 is 5.78 Å². The standard InChI is InChI=1S/C12H15NO/c1-9-8-13-11(7-12(9)14)10-5-3-2-4-6-10/h2-6,9,11,13H,7-8H2,1H3/t9-,11-/m0/s1. The van der Waals surface area contributed by atoms with Gasteiger partial charge in [0, 0.05) is 24.9 Å². The first kappa shape index (κ1) is 9.41. The smallest absolute Gasteiger partial charge is 0.138 e. The van der Waals surface area contributed by atoms with Gasteiger partial charge in [-0.05, 0) is 5.56 Å². The summed E-state index contributed by atoms with van der Waals surface area (Å²) in [6.45, 7) is 2.79. The van der Waals surface area contributed by atoms with Crippen LogP contribution in [0, 0.1) is 5.92 Å². The van der Waals surface area contributed by atoms with Gasteiger partial charge >= 0.3 is 0 Å². The molecule has 74 valence electrons. The molecule has 1 N–H and O–H groups in total. The predicted octanol–water partition coefficient (Wildman–Crippen LogP) is 1.93. The summed E-state index contributed by atoms with van der Waals surface area (Å²) in [4.78, 5) is 11.5. The van der Waals surface area contributed by atoms with Crippen LogP contribution in [0.3, 0.4) is 0 Å². The number of Topliss-reactive ketones (excluding diaryl/α,β-unsaturated/α-hetero) is 1. The third kappa shape index (κ3) is 1.85. The lowest BCUT2D eigenvalue weighted by atomic mass is 9.91. The highest BCUT2D eigenvalue weighted by Crippen LogP contribution is 2.22. The van der Waals surface area contributed by atoms with Crippen molar-refractivity contribution in [2.24, 2.45) is 5.92 Å². The minimum absolute atomic E-state index is 0.176. The van der Waals surface area contributed by atoms with Crippen LogP contribution in [0.25, 0.3) is 0 Å². The summed E-state index contributed by atoms with van der Waals surface area (Å²) in [5.74, 6) is 0.549. The molecule has 1 aromatic carbocycles. The highest BCUT2D eigenvalue weighted by atomic mass is 16.1. The van der Waals surface area contributed by atoms with Gasteiger partial charge in [-0.1, -0.05) is 37.3 Å². The number of rotatable bonds is 1. The maximum atomic E-state index is 11.5. The molecule has 2 atom stereocenters. The normalized spacial score (nSPS) is 27.6. The molecule has 0 unspecified atom stereocenters. The minimum atomic E-state index is 0.176. The lowest BCUT2D eigenvalue weighted by molar-refractivity contribution is -0.124. The molecule has 1 aromatic rings. The van der Waals surface area contributed by atoms with Gasteiger partial charge in [0.05, 0.1) is 0 Å². The molecule has 0 aromatic heterocycles. The van der Waals surface area contributed by atoms with Gasteiger partial charge < -0.3 is 5.32 Å². The number of ketones is 1. The predicted molar refractivity (Wildman–Crippen MR) is 56.0 cm³/mol. The highest BCUT2D eigenvalue weighted by molar-refractivity contribution is 5.82. The summed E-state index contributed by atoms with van der Waals surface area (Å²) in [6.07, 6.45) is 0.630. The zero-order chi connectivity index (χ0) is 9.97. The first-order valence-electron chi connectivity index (χ1n) is 5.08. The zero-order valence-electron chi connectivity index (χ0n) is 8.36. The molecule has 1 aliphatic heterocycles. The molecule has 0 bridgehead atoms. The largest absolute Gasteiger partial charge is 0.309 e. The fourth-order valence-electron chi connectivity index (χ4n) is 1.83. The second-order valence-electron chi connectivity index (χ2n) is 3.94. The van der Waals surface area contributed by atoms with Crippen molar-refractivity contribution in [3.8, 4) is 0 Å². The second-order valence-corrected chi connectivity index (χ2v) is 3.94. The van der Waals surface area contributed by atoms with Gasteiger partial charge in [-0.25, -0.2) is 0 Å². The van der Waals surface area contributed by atoms with Crippen molar-refractivity contribution in [2.45, 2.75) is 19.4 Å². The van der Waals surface area contributed by atoms with Crippen LogP contribution in [0.15, 0.2) is 30.3 Å². The van der Waals surface area contributed by atoms with Crippen molar-refractivity contribution in [3.63, 3.8) is 0 Å². The summed E-state index contributed by atoms with van der Waals surface area (Å²) in [5.41, 5.74) is 1.22. The zero-order valence-corrected chi connectivity index (χ0v) is 8.36. The van der Waals surface area contributed by atoms with E-state index in [1.54, 1.807) is 0 Å². The fourth-order valence-corrected chi connectivity index (χ4v) is 1.83. The van der Waals surface area contributed by atoms with Crippen molar-refractivity contribution in [1.82, 2.24) is 5.32 Å². The molecule has 1 fully saturated rings. The molecule has 14 heavy (non-hydrogen) atoms. The Hall–Kier alpha value is -1.15. The van der Waals surface area contributed by atoms with E-state index in [0.29, 0.717) is 12.2 Å². The Kier molecular flexibility index (Phi) is 2.64. The fraction of sp³-hybridized carbons (Fsp3) is 0.417. The van der Waals surface area contributed by atoms with Crippen molar-refractivity contribution in [2.75, 3.05) is 6.54 Å². The summed E-state index contributed by atoms with van der Waals surface area (Å²) in [6, 6.07) is 10.4. The van der Waals surface area contributed by atoms with Crippen molar-refractivity contribution in [1.29, 1.82) is 0 Å². The third-order valence-corrected chi connectivity index (χ3v) is 2.83. The molecule has 0 aliphatic carbocycles. The summed E-state index contributed by atoms with van der Waals surface area (Å²) in [5, 5.41) is 3.39. The third-order valence-electron chi connectivity index (χ3n) is 2.83. The lowest BCUT2D eigenvalue weighted by Crippen LogP contribution is -2.37. The van der Waals surface area contributed by atoms with Crippen LogP contribution >= 0.6 is 0 Å². The Morgan fingerprint density at radius 1 is 1.29 bits per heavy atom. The number of carbonyl (C=O) groups excluding carboxylic acids is 1. The summed E-state index contributed by atoms with van der Waals surface area (Å²) < 4.78 is 0. The van der Waals surface area contributed by atoms with Gasteiger partial charge in [-0.15, -0.1) is 0 Å². The van der Waals surface area contributed by atoms with E-state index >= 15 is 0 Å². The first-order valence-corrected chi connectivity index (χ1v) is 5.08. The van der Waals surface area contributed by atoms with E-state index < -0.39 is 0 Å². The molecule has 0 radical (unpaired) electrons. The van der Waals surface area contributed by atoms with Crippen LogP contribution in [-0.2, 0) is 4.79 Å². The maximum Gasteiger partial charge on any atom is 0.138 e. The van der Waals surface area contributed by atoms with Crippen molar-refractivity contribution < 1.29 is 4.79 Å². The van der Waals surface area contributed by atoms with E-state index in [2.05, 4.69) is 17.4 Å². The Labute approximate surface area is 84.3 Å². The van der Waals surface area contributed by atoms with Gasteiger partial charge in [0.2, 0.25) is 0 Å². The summed E-state index contributed by atoms with van der Waals surface area (Å²) >= 11 is 0. The number of carbonyl (C=O) groups is 1. The lowest BCUT2D eigenvalue weighted by Gasteiger charge is -2.27. The Morgan fingerprint density at radius 3 is 2.64 bits per heavy atom. The molecule has 2 rings (SSSR count). The monoisotopic (exact) mass is 189 g/mol. The number of hydrogen-bond donors (Lipinski definition) is 1. The molecule has 0 amide bonds. The van der Waals surface area contributed by atoms with Crippen LogP contribution < -0.4 is 5.32 Å². The Bertz CT molecular complexity index is 320. The van der Waals surface area contributed by atoms with E-state index in [9.17, 15) is 4.79 Å². The summed E-state index contributed by atoms with van der Waals surface area (Å²) in [7, 11) is 0. The molecule has 1 aliphatic rings. The van der Waals surface area contributed by atoms with Gasteiger partial charge in [-0.2, -0.15) is 0 Å².